The zero-order valence-electron chi connectivity index (χ0n) is 34.1. The second kappa shape index (κ2) is 21.7. The predicted octanol–water partition coefficient (Wildman–Crippen LogP) is 7.56. The maximum Gasteiger partial charge on any atom is 0.509 e. The molecule has 0 aliphatic carbocycles. The molecule has 320 valence electrons. The van der Waals surface area contributed by atoms with Crippen LogP contribution in [-0.4, -0.2) is 87.9 Å². The van der Waals surface area contributed by atoms with Crippen LogP contribution < -0.4 is 0 Å². The number of rotatable bonds is 20. The number of methoxy groups -OCH3 is 1. The van der Waals surface area contributed by atoms with Crippen LogP contribution in [0.4, 0.5) is 4.79 Å². The topological polar surface area (TPSA) is 119 Å². The van der Waals surface area contributed by atoms with Gasteiger partial charge in [-0.25, -0.2) is 4.79 Å². The first kappa shape index (κ1) is 42.7. The van der Waals surface area contributed by atoms with Crippen LogP contribution in [0.5, 0.6) is 0 Å². The van der Waals surface area contributed by atoms with Gasteiger partial charge in [0.25, 0.3) is 0 Å². The van der Waals surface area contributed by atoms with E-state index < -0.39 is 67.6 Å². The van der Waals surface area contributed by atoms with Gasteiger partial charge in [-0.05, 0) is 27.8 Å². The summed E-state index contributed by atoms with van der Waals surface area (Å²) in [6, 6.07) is 49.1. The van der Waals surface area contributed by atoms with Crippen LogP contribution in [0.15, 0.2) is 152 Å². The highest BCUT2D eigenvalue weighted by Gasteiger charge is 2.58. The molecule has 0 bridgehead atoms. The van der Waals surface area contributed by atoms with Crippen molar-refractivity contribution in [1.29, 1.82) is 0 Å². The van der Waals surface area contributed by atoms with Gasteiger partial charge in [-0.15, -0.1) is 0 Å². The Morgan fingerprint density at radius 3 is 1.26 bits per heavy atom. The molecule has 5 aromatic rings. The van der Waals surface area contributed by atoms with Crippen LogP contribution in [0.25, 0.3) is 0 Å². The molecule has 3 fully saturated rings. The lowest BCUT2D eigenvalue weighted by Crippen LogP contribution is -2.65. The Morgan fingerprint density at radius 1 is 0.426 bits per heavy atom. The molecule has 0 aromatic heterocycles. The van der Waals surface area contributed by atoms with Gasteiger partial charge >= 0.3 is 6.16 Å². The highest BCUT2D eigenvalue weighted by atomic mass is 16.8. The van der Waals surface area contributed by atoms with Crippen molar-refractivity contribution in [2.24, 2.45) is 0 Å². The number of benzene rings is 5. The Balaban J connectivity index is 1.10. The molecule has 3 heterocycles. The molecule has 0 amide bonds. The van der Waals surface area contributed by atoms with Gasteiger partial charge in [-0.3, -0.25) is 0 Å². The third-order valence-electron chi connectivity index (χ3n) is 10.8. The maximum atomic E-state index is 13.1. The fourth-order valence-electron chi connectivity index (χ4n) is 7.76. The van der Waals surface area contributed by atoms with Crippen molar-refractivity contribution in [3.63, 3.8) is 0 Å². The van der Waals surface area contributed by atoms with E-state index in [4.69, 9.17) is 52.1 Å². The number of hydrogen-bond donors (Lipinski definition) is 0. The highest BCUT2D eigenvalue weighted by molar-refractivity contribution is 5.63. The van der Waals surface area contributed by atoms with E-state index in [-0.39, 0.29) is 33.0 Å². The van der Waals surface area contributed by atoms with Crippen molar-refractivity contribution in [2.45, 2.75) is 94.4 Å². The van der Waals surface area contributed by atoms with Crippen LogP contribution in [0.2, 0.25) is 0 Å². The maximum absolute atomic E-state index is 13.1. The fourth-order valence-corrected chi connectivity index (χ4v) is 7.76. The van der Waals surface area contributed by atoms with Gasteiger partial charge < -0.3 is 52.1 Å². The lowest BCUT2D eigenvalue weighted by atomic mass is 9.96. The van der Waals surface area contributed by atoms with Crippen molar-refractivity contribution in [3.8, 4) is 0 Å². The van der Waals surface area contributed by atoms with Crippen molar-refractivity contribution >= 4 is 6.16 Å². The fraction of sp³-hybridized carbons (Fsp3) is 0.367. The summed E-state index contributed by atoms with van der Waals surface area (Å²) in [6.07, 6.45) is -9.59. The monoisotopic (exact) mass is 832 g/mol. The SMILES string of the molecule is CO[C@H]1O[C@H](COCc2ccccc2)[C@@H](OCc2ccccc2)[C@H](O[C@H]2O[C@H](COCc3ccccc3)[C@@H](OCc3ccccc3)[C@@H]3OC(=O)O[C@@H]23)[C@H]1OCc1ccccc1. The van der Waals surface area contributed by atoms with Crippen molar-refractivity contribution in [3.05, 3.63) is 179 Å². The normalized spacial score (nSPS) is 27.2. The van der Waals surface area contributed by atoms with Gasteiger partial charge in [-0.1, -0.05) is 152 Å². The average molecular weight is 833 g/mol. The molecule has 0 spiro atoms. The van der Waals surface area contributed by atoms with Gasteiger partial charge in [-0.2, -0.15) is 0 Å². The van der Waals surface area contributed by atoms with E-state index in [1.807, 2.05) is 152 Å². The molecule has 8 rings (SSSR count). The van der Waals surface area contributed by atoms with Gasteiger partial charge in [0.2, 0.25) is 0 Å². The summed E-state index contributed by atoms with van der Waals surface area (Å²) in [4.78, 5) is 13.1. The third-order valence-corrected chi connectivity index (χ3v) is 10.8. The lowest BCUT2D eigenvalue weighted by molar-refractivity contribution is -0.363. The minimum Gasteiger partial charge on any atom is -0.424 e. The quantitative estimate of drug-likeness (QED) is 0.0721. The average Bonchev–Trinajstić information content (AvgIpc) is 3.71. The van der Waals surface area contributed by atoms with E-state index in [1.165, 1.54) is 0 Å². The van der Waals surface area contributed by atoms with Gasteiger partial charge in [0.15, 0.2) is 24.8 Å². The molecule has 10 atom stereocenters. The van der Waals surface area contributed by atoms with Gasteiger partial charge in [0.1, 0.15) is 36.6 Å². The van der Waals surface area contributed by atoms with Crippen LogP contribution in [-0.2, 0) is 85.1 Å². The second-order valence-electron chi connectivity index (χ2n) is 15.1. The molecule has 0 unspecified atom stereocenters. The molecule has 3 aliphatic rings. The number of carbonyl (C=O) groups is 1. The molecular formula is C49H52O12. The van der Waals surface area contributed by atoms with E-state index in [2.05, 4.69) is 0 Å². The smallest absolute Gasteiger partial charge is 0.424 e. The van der Waals surface area contributed by atoms with E-state index in [1.54, 1.807) is 7.11 Å². The van der Waals surface area contributed by atoms with Gasteiger partial charge in [0.05, 0.1) is 46.2 Å². The molecule has 3 aliphatic heterocycles. The highest BCUT2D eigenvalue weighted by Crippen LogP contribution is 2.38. The van der Waals surface area contributed by atoms with E-state index in [9.17, 15) is 4.79 Å². The lowest BCUT2D eigenvalue weighted by Gasteiger charge is -2.48. The summed E-state index contributed by atoms with van der Waals surface area (Å²) in [5, 5.41) is 0. The summed E-state index contributed by atoms with van der Waals surface area (Å²) in [5.41, 5.74) is 4.83. The summed E-state index contributed by atoms with van der Waals surface area (Å²) in [6.45, 7) is 1.60. The Morgan fingerprint density at radius 2 is 0.803 bits per heavy atom. The summed E-state index contributed by atoms with van der Waals surface area (Å²) in [7, 11) is 1.56. The minimum atomic E-state index is -1.17. The Bertz CT molecular complexity index is 2030. The van der Waals surface area contributed by atoms with Crippen molar-refractivity contribution < 1.29 is 56.9 Å². The van der Waals surface area contributed by atoms with Crippen LogP contribution in [0, 0.1) is 0 Å². The molecule has 12 nitrogen and oxygen atoms in total. The number of ether oxygens (including phenoxy) is 11. The standard InChI is InChI=1S/C49H52O12/c1-51-47-45(56-31-38-25-15-6-16-26-38)43(41(54-29-36-21-11-4-12-22-36)39(57-47)32-52-27-34-17-7-2-8-18-34)59-48-46-44(60-49(50)61-46)42(55-30-37-23-13-5-14-24-37)40(58-48)33-53-28-35-19-9-3-10-20-35/h2-26,39-48H,27-33H2,1H3/t39-,40-,41-,42-,43+,44+,45-,46-,47+,48-/m1/s1. The molecule has 0 N–H and O–H groups in total. The van der Waals surface area contributed by atoms with Crippen LogP contribution in [0.3, 0.4) is 0 Å². The van der Waals surface area contributed by atoms with E-state index >= 15 is 0 Å². The summed E-state index contributed by atoms with van der Waals surface area (Å²) < 4.78 is 70.7. The first-order valence-electron chi connectivity index (χ1n) is 20.7. The predicted molar refractivity (Wildman–Crippen MR) is 222 cm³/mol. The third kappa shape index (κ3) is 11.5. The number of hydrogen-bond acceptors (Lipinski definition) is 12. The first-order valence-corrected chi connectivity index (χ1v) is 20.7. The Kier molecular flexibility index (Phi) is 15.2. The molecule has 12 heteroatoms. The summed E-state index contributed by atoms with van der Waals surface area (Å²) in [5.74, 6) is 0. The molecule has 5 aromatic carbocycles. The summed E-state index contributed by atoms with van der Waals surface area (Å²) >= 11 is 0. The van der Waals surface area contributed by atoms with Crippen LogP contribution in [0.1, 0.15) is 27.8 Å². The largest absolute Gasteiger partial charge is 0.509 e. The zero-order valence-corrected chi connectivity index (χ0v) is 34.1. The second-order valence-corrected chi connectivity index (χ2v) is 15.1. The molecule has 0 saturated carbocycles. The van der Waals surface area contributed by atoms with Gasteiger partial charge in [0, 0.05) is 7.11 Å². The molecule has 3 saturated heterocycles. The molecular weight excluding hydrogens is 781 g/mol. The molecule has 0 radical (unpaired) electrons. The van der Waals surface area contributed by atoms with Crippen LogP contribution >= 0.6 is 0 Å². The Labute approximate surface area is 356 Å². The first-order chi connectivity index (χ1) is 30.1. The van der Waals surface area contributed by atoms with E-state index in [0.717, 1.165) is 27.8 Å². The zero-order chi connectivity index (χ0) is 41.6. The Hall–Kier alpha value is -4.99. The van der Waals surface area contributed by atoms with Crippen molar-refractivity contribution in [2.75, 3.05) is 20.3 Å². The minimum absolute atomic E-state index is 0.0985. The number of carbonyl (C=O) groups excluding carboxylic acids is 1. The molecule has 61 heavy (non-hydrogen) atoms. The number of fused-ring (bicyclic) bond motifs is 1. The van der Waals surface area contributed by atoms with Crippen molar-refractivity contribution in [1.82, 2.24) is 0 Å². The van der Waals surface area contributed by atoms with E-state index in [0.29, 0.717) is 13.2 Å².